The van der Waals surface area contributed by atoms with Gasteiger partial charge in [0.2, 0.25) is 5.91 Å². The van der Waals surface area contributed by atoms with Crippen LogP contribution < -0.4 is 10.1 Å². The molecule has 9 nitrogen and oxygen atoms in total. The Balaban J connectivity index is 1.48. The molecule has 0 aromatic heterocycles. The molecule has 0 saturated carbocycles. The van der Waals surface area contributed by atoms with E-state index < -0.39 is 11.9 Å². The molecule has 0 bridgehead atoms. The molecule has 1 aromatic carbocycles. The van der Waals surface area contributed by atoms with Gasteiger partial charge in [0.25, 0.3) is 5.91 Å². The Hall–Kier alpha value is -3.14. The summed E-state index contributed by atoms with van der Waals surface area (Å²) in [6.07, 6.45) is 4.18. The van der Waals surface area contributed by atoms with Gasteiger partial charge < -0.3 is 14.4 Å². The molecule has 10 heteroatoms. The SMILES string of the molecule is COC(=O)/C=C1/S/C(=N\N=Cc2ccc(OCCN3CCCC3=O)cc2)NC1=O. The van der Waals surface area contributed by atoms with Crippen LogP contribution in [0.4, 0.5) is 0 Å². The van der Waals surface area contributed by atoms with Crippen molar-refractivity contribution >= 4 is 40.9 Å². The van der Waals surface area contributed by atoms with Gasteiger partial charge in [-0.3, -0.25) is 14.9 Å². The second-order valence-electron chi connectivity index (χ2n) is 6.14. The molecule has 29 heavy (non-hydrogen) atoms. The highest BCUT2D eigenvalue weighted by molar-refractivity contribution is 8.18. The monoisotopic (exact) mass is 416 g/mol. The summed E-state index contributed by atoms with van der Waals surface area (Å²) in [6.45, 7) is 1.85. The van der Waals surface area contributed by atoms with Gasteiger partial charge >= 0.3 is 5.97 Å². The van der Waals surface area contributed by atoms with Gasteiger partial charge in [0.05, 0.1) is 24.8 Å². The first kappa shape index (κ1) is 20.6. The number of thioether (sulfide) groups is 1. The highest BCUT2D eigenvalue weighted by Crippen LogP contribution is 2.23. The molecular formula is C19H20N4O5S. The number of amides is 2. The highest BCUT2D eigenvalue weighted by Gasteiger charge is 2.25. The van der Waals surface area contributed by atoms with Crippen molar-refractivity contribution in [2.24, 2.45) is 10.2 Å². The minimum atomic E-state index is -0.610. The maximum Gasteiger partial charge on any atom is 0.331 e. The highest BCUT2D eigenvalue weighted by atomic mass is 32.2. The number of nitrogens with one attached hydrogen (secondary N) is 1. The number of nitrogens with zero attached hydrogens (tertiary/aromatic N) is 3. The van der Waals surface area contributed by atoms with Gasteiger partial charge in [-0.05, 0) is 48.0 Å². The zero-order valence-corrected chi connectivity index (χ0v) is 16.6. The van der Waals surface area contributed by atoms with E-state index in [2.05, 4.69) is 20.3 Å². The lowest BCUT2D eigenvalue weighted by Gasteiger charge is -2.15. The molecule has 0 radical (unpaired) electrons. The second-order valence-corrected chi connectivity index (χ2v) is 7.17. The van der Waals surface area contributed by atoms with Crippen LogP contribution in [0.5, 0.6) is 5.75 Å². The number of methoxy groups -OCH3 is 1. The van der Waals surface area contributed by atoms with E-state index >= 15 is 0 Å². The Bertz CT molecular complexity index is 879. The molecule has 2 aliphatic rings. The third-order valence-corrected chi connectivity index (χ3v) is 5.04. The maximum absolute atomic E-state index is 11.7. The molecule has 2 heterocycles. The minimum Gasteiger partial charge on any atom is -0.492 e. The molecule has 1 aromatic rings. The van der Waals surface area contributed by atoms with Crippen molar-refractivity contribution in [1.29, 1.82) is 0 Å². The van der Waals surface area contributed by atoms with E-state index in [0.29, 0.717) is 25.3 Å². The summed E-state index contributed by atoms with van der Waals surface area (Å²) in [4.78, 5) is 36.5. The van der Waals surface area contributed by atoms with Crippen molar-refractivity contribution in [3.63, 3.8) is 0 Å². The fraction of sp³-hybridized carbons (Fsp3) is 0.316. The first-order valence-corrected chi connectivity index (χ1v) is 9.77. The molecule has 0 unspecified atom stereocenters. The van der Waals surface area contributed by atoms with Gasteiger partial charge in [-0.1, -0.05) is 0 Å². The zero-order chi connectivity index (χ0) is 20.6. The number of hydrogen-bond acceptors (Lipinski definition) is 8. The normalized spacial score (nSPS) is 19.4. The van der Waals surface area contributed by atoms with E-state index in [1.165, 1.54) is 13.3 Å². The predicted molar refractivity (Wildman–Crippen MR) is 109 cm³/mol. The number of esters is 1. The third kappa shape index (κ3) is 5.92. The van der Waals surface area contributed by atoms with E-state index in [-0.39, 0.29) is 16.0 Å². The van der Waals surface area contributed by atoms with Gasteiger partial charge in [-0.2, -0.15) is 5.10 Å². The first-order chi connectivity index (χ1) is 14.0. The minimum absolute atomic E-state index is 0.186. The Morgan fingerprint density at radius 2 is 2.10 bits per heavy atom. The van der Waals surface area contributed by atoms with Crippen LogP contribution in [0.1, 0.15) is 18.4 Å². The van der Waals surface area contributed by atoms with Crippen LogP contribution in [0.15, 0.2) is 45.4 Å². The van der Waals surface area contributed by atoms with Crippen molar-refractivity contribution in [3.8, 4) is 5.75 Å². The number of carbonyl (C=O) groups is 3. The van der Waals surface area contributed by atoms with Crippen LogP contribution in [-0.2, 0) is 19.1 Å². The number of rotatable bonds is 7. The van der Waals surface area contributed by atoms with E-state index in [4.69, 9.17) is 4.74 Å². The van der Waals surface area contributed by atoms with E-state index in [1.54, 1.807) is 0 Å². The molecule has 2 saturated heterocycles. The van der Waals surface area contributed by atoms with Crippen LogP contribution in [0.3, 0.4) is 0 Å². The quantitative estimate of drug-likeness (QED) is 0.311. The summed E-state index contributed by atoms with van der Waals surface area (Å²) in [5, 5.41) is 10.7. The lowest BCUT2D eigenvalue weighted by molar-refractivity contribution is -0.135. The van der Waals surface area contributed by atoms with Crippen molar-refractivity contribution in [3.05, 3.63) is 40.8 Å². The summed E-state index contributed by atoms with van der Waals surface area (Å²) in [5.74, 6) is -0.143. The fourth-order valence-corrected chi connectivity index (χ4v) is 3.39. The largest absolute Gasteiger partial charge is 0.492 e. The smallest absolute Gasteiger partial charge is 0.331 e. The van der Waals surface area contributed by atoms with Gasteiger partial charge in [-0.25, -0.2) is 4.79 Å². The molecule has 0 spiro atoms. The molecule has 1 N–H and O–H groups in total. The molecular weight excluding hydrogens is 396 g/mol. The number of benzene rings is 1. The Kier molecular flexibility index (Phi) is 7.01. The summed E-state index contributed by atoms with van der Waals surface area (Å²) in [5.41, 5.74) is 0.802. The zero-order valence-electron chi connectivity index (χ0n) is 15.8. The summed E-state index contributed by atoms with van der Waals surface area (Å²) < 4.78 is 10.2. The Labute approximate surface area is 171 Å². The number of ether oxygens (including phenoxy) is 2. The fourth-order valence-electron chi connectivity index (χ4n) is 2.65. The van der Waals surface area contributed by atoms with E-state index in [1.807, 2.05) is 29.2 Å². The molecule has 152 valence electrons. The van der Waals surface area contributed by atoms with Gasteiger partial charge in [0, 0.05) is 19.0 Å². The lowest BCUT2D eigenvalue weighted by Crippen LogP contribution is -2.29. The Morgan fingerprint density at radius 3 is 2.79 bits per heavy atom. The summed E-state index contributed by atoms with van der Waals surface area (Å²) in [7, 11) is 1.24. The molecule has 3 rings (SSSR count). The van der Waals surface area contributed by atoms with Crippen molar-refractivity contribution in [2.45, 2.75) is 12.8 Å². The molecule has 2 fully saturated rings. The molecule has 2 aliphatic heterocycles. The van der Waals surface area contributed by atoms with Crippen LogP contribution >= 0.6 is 11.8 Å². The number of amidine groups is 1. The van der Waals surface area contributed by atoms with Crippen LogP contribution in [-0.4, -0.2) is 60.9 Å². The number of carbonyl (C=O) groups excluding carboxylic acids is 3. The summed E-state index contributed by atoms with van der Waals surface area (Å²) >= 11 is 1.01. The van der Waals surface area contributed by atoms with Crippen molar-refractivity contribution < 1.29 is 23.9 Å². The average molecular weight is 416 g/mol. The second kappa shape index (κ2) is 9.87. The molecule has 0 aliphatic carbocycles. The molecule has 2 amide bonds. The van der Waals surface area contributed by atoms with Crippen LogP contribution in [0, 0.1) is 0 Å². The average Bonchev–Trinajstić information content (AvgIpc) is 3.28. The van der Waals surface area contributed by atoms with Crippen molar-refractivity contribution in [1.82, 2.24) is 10.2 Å². The van der Waals surface area contributed by atoms with Gasteiger partial charge in [-0.15, -0.1) is 5.10 Å². The third-order valence-electron chi connectivity index (χ3n) is 4.14. The van der Waals surface area contributed by atoms with Crippen LogP contribution in [0.2, 0.25) is 0 Å². The lowest BCUT2D eigenvalue weighted by atomic mass is 10.2. The standard InChI is InChI=1S/C19H20N4O5S/c1-27-17(25)11-15-18(26)21-19(29-15)22-20-12-13-4-6-14(7-5-13)28-10-9-23-8-2-3-16(23)24/h4-7,11-12H,2-3,8-10H2,1H3,(H,21,22,26)/b15-11+,20-12?. The van der Waals surface area contributed by atoms with Gasteiger partial charge in [0.1, 0.15) is 12.4 Å². The molecule has 0 atom stereocenters. The van der Waals surface area contributed by atoms with E-state index in [9.17, 15) is 14.4 Å². The van der Waals surface area contributed by atoms with Gasteiger partial charge in [0.15, 0.2) is 5.17 Å². The number of hydrogen-bond donors (Lipinski definition) is 1. The van der Waals surface area contributed by atoms with Crippen LogP contribution in [0.25, 0.3) is 0 Å². The van der Waals surface area contributed by atoms with E-state index in [0.717, 1.165) is 36.4 Å². The maximum atomic E-state index is 11.7. The first-order valence-electron chi connectivity index (χ1n) is 8.95. The Morgan fingerprint density at radius 1 is 1.31 bits per heavy atom. The number of likely N-dealkylation sites (tertiary alicyclic amines) is 1. The van der Waals surface area contributed by atoms with Crippen molar-refractivity contribution in [2.75, 3.05) is 26.8 Å². The summed E-state index contributed by atoms with van der Waals surface area (Å²) in [6, 6.07) is 7.26. The topological polar surface area (TPSA) is 110 Å². The predicted octanol–water partition coefficient (Wildman–Crippen LogP) is 1.30.